The summed E-state index contributed by atoms with van der Waals surface area (Å²) in [4.78, 5) is 16.2. The molecule has 0 aliphatic carbocycles. The van der Waals surface area contributed by atoms with Crippen LogP contribution in [0.1, 0.15) is 15.9 Å². The summed E-state index contributed by atoms with van der Waals surface area (Å²) in [5.74, 6) is -1.35. The second-order valence-corrected chi connectivity index (χ2v) is 5.98. The number of carbonyl (C=O) groups excluding carboxylic acids is 1. The zero-order valence-electron chi connectivity index (χ0n) is 12.6. The van der Waals surface area contributed by atoms with Crippen molar-refractivity contribution in [3.63, 3.8) is 0 Å². The lowest BCUT2D eigenvalue weighted by Gasteiger charge is -2.08. The van der Waals surface area contributed by atoms with Gasteiger partial charge in [0.1, 0.15) is 0 Å². The Bertz CT molecular complexity index is 953. The number of benzene rings is 2. The van der Waals surface area contributed by atoms with Crippen LogP contribution in [0.5, 0.6) is 5.75 Å². The van der Waals surface area contributed by atoms with Crippen LogP contribution in [-0.2, 0) is 6.18 Å². The number of aromatic nitrogens is 1. The van der Waals surface area contributed by atoms with Gasteiger partial charge in [0.05, 0.1) is 22.9 Å². The maximum Gasteiger partial charge on any atom is 0.416 e. The third kappa shape index (κ3) is 3.41. The lowest BCUT2D eigenvalue weighted by Crippen LogP contribution is -2.13. The quantitative estimate of drug-likeness (QED) is 0.679. The Morgan fingerprint density at radius 2 is 2.00 bits per heavy atom. The van der Waals surface area contributed by atoms with Crippen molar-refractivity contribution in [1.29, 1.82) is 0 Å². The van der Waals surface area contributed by atoms with Crippen LogP contribution in [0.2, 0.25) is 0 Å². The minimum atomic E-state index is -4.55. The third-order valence-corrected chi connectivity index (χ3v) is 4.33. The van der Waals surface area contributed by atoms with Gasteiger partial charge < -0.3 is 4.74 Å². The maximum atomic E-state index is 14.1. The molecule has 0 saturated carbocycles. The molecule has 0 fully saturated rings. The van der Waals surface area contributed by atoms with Gasteiger partial charge >= 0.3 is 6.18 Å². The first kappa shape index (κ1) is 17.2. The number of methoxy groups -OCH3 is 1. The number of alkyl halides is 3. The summed E-state index contributed by atoms with van der Waals surface area (Å²) in [6, 6.07) is 6.92. The standard InChI is InChI=1S/C16H10F4N2O2S/c1-24-11-6-5-10-13(12(11)17)25-15(21-10)22-14(23)8-3-2-4-9(7-8)16(18,19)20/h2-7H,1H3,(H,21,22,23). The molecule has 0 unspecified atom stereocenters. The second-order valence-electron chi connectivity index (χ2n) is 4.98. The molecular formula is C16H10F4N2O2S. The molecule has 3 aromatic rings. The Morgan fingerprint density at radius 3 is 2.68 bits per heavy atom. The smallest absolute Gasteiger partial charge is 0.416 e. The number of amides is 1. The zero-order valence-corrected chi connectivity index (χ0v) is 13.5. The van der Waals surface area contributed by atoms with E-state index in [1.807, 2.05) is 0 Å². The van der Waals surface area contributed by atoms with E-state index in [0.717, 1.165) is 29.5 Å². The lowest BCUT2D eigenvalue weighted by atomic mass is 10.1. The van der Waals surface area contributed by atoms with Crippen LogP contribution in [0.25, 0.3) is 10.2 Å². The molecule has 0 spiro atoms. The molecule has 1 amide bonds. The van der Waals surface area contributed by atoms with E-state index in [1.54, 1.807) is 0 Å². The largest absolute Gasteiger partial charge is 0.494 e. The number of nitrogens with zero attached hydrogens (tertiary/aromatic N) is 1. The van der Waals surface area contributed by atoms with E-state index in [9.17, 15) is 22.4 Å². The fourth-order valence-corrected chi connectivity index (χ4v) is 3.05. The minimum Gasteiger partial charge on any atom is -0.494 e. The predicted octanol–water partition coefficient (Wildman–Crippen LogP) is 4.72. The van der Waals surface area contributed by atoms with E-state index in [0.29, 0.717) is 5.52 Å². The summed E-state index contributed by atoms with van der Waals surface area (Å²) in [7, 11) is 1.32. The molecule has 25 heavy (non-hydrogen) atoms. The number of hydrogen-bond donors (Lipinski definition) is 1. The van der Waals surface area contributed by atoms with Crippen molar-refractivity contribution in [3.8, 4) is 5.75 Å². The number of ether oxygens (including phenoxy) is 1. The maximum absolute atomic E-state index is 14.1. The first-order valence-corrected chi connectivity index (χ1v) is 7.73. The number of halogens is 4. The molecular weight excluding hydrogens is 360 g/mol. The molecule has 0 saturated heterocycles. The van der Waals surface area contributed by atoms with E-state index in [1.165, 1.54) is 25.3 Å². The molecule has 3 rings (SSSR count). The zero-order chi connectivity index (χ0) is 18.2. The average molecular weight is 370 g/mol. The van der Waals surface area contributed by atoms with Gasteiger partial charge in [-0.1, -0.05) is 17.4 Å². The van der Waals surface area contributed by atoms with E-state index in [4.69, 9.17) is 4.74 Å². The molecule has 4 nitrogen and oxygen atoms in total. The van der Waals surface area contributed by atoms with Crippen molar-refractivity contribution < 1.29 is 27.1 Å². The molecule has 0 atom stereocenters. The van der Waals surface area contributed by atoms with Gasteiger partial charge in [0.2, 0.25) is 0 Å². The van der Waals surface area contributed by atoms with Crippen LogP contribution in [-0.4, -0.2) is 18.0 Å². The van der Waals surface area contributed by atoms with E-state index < -0.39 is 23.5 Å². The number of fused-ring (bicyclic) bond motifs is 1. The van der Waals surface area contributed by atoms with Crippen molar-refractivity contribution in [1.82, 2.24) is 4.98 Å². The Morgan fingerprint density at radius 1 is 1.24 bits per heavy atom. The van der Waals surface area contributed by atoms with Crippen molar-refractivity contribution in [2.75, 3.05) is 12.4 Å². The highest BCUT2D eigenvalue weighted by Gasteiger charge is 2.31. The van der Waals surface area contributed by atoms with E-state index >= 15 is 0 Å². The monoisotopic (exact) mass is 370 g/mol. The first-order valence-electron chi connectivity index (χ1n) is 6.91. The summed E-state index contributed by atoms with van der Waals surface area (Å²) >= 11 is 0.866. The van der Waals surface area contributed by atoms with Gasteiger partial charge in [-0.15, -0.1) is 0 Å². The molecule has 0 aliphatic rings. The summed E-state index contributed by atoms with van der Waals surface area (Å²) in [6.07, 6.45) is -4.55. The number of rotatable bonds is 3. The molecule has 2 aromatic carbocycles. The highest BCUT2D eigenvalue weighted by molar-refractivity contribution is 7.22. The van der Waals surface area contributed by atoms with Crippen LogP contribution < -0.4 is 10.1 Å². The predicted molar refractivity (Wildman–Crippen MR) is 85.5 cm³/mol. The molecule has 0 bridgehead atoms. The highest BCUT2D eigenvalue weighted by Crippen LogP contribution is 2.33. The SMILES string of the molecule is COc1ccc2nc(NC(=O)c3cccc(C(F)(F)F)c3)sc2c1F. The van der Waals surface area contributed by atoms with Crippen LogP contribution in [0.15, 0.2) is 36.4 Å². The van der Waals surface area contributed by atoms with E-state index in [2.05, 4.69) is 10.3 Å². The fraction of sp³-hybridized carbons (Fsp3) is 0.125. The molecule has 1 aromatic heterocycles. The summed E-state index contributed by atoms with van der Waals surface area (Å²) in [6.45, 7) is 0. The minimum absolute atomic E-state index is 0.0342. The summed E-state index contributed by atoms with van der Waals surface area (Å²) < 4.78 is 57.3. The highest BCUT2D eigenvalue weighted by atomic mass is 32.1. The Kier molecular flexibility index (Phi) is 4.34. The number of anilines is 1. The number of nitrogens with one attached hydrogen (secondary N) is 1. The van der Waals surface area contributed by atoms with Crippen LogP contribution in [0.4, 0.5) is 22.7 Å². The molecule has 0 radical (unpaired) electrons. The van der Waals surface area contributed by atoms with Crippen LogP contribution in [0.3, 0.4) is 0 Å². The topological polar surface area (TPSA) is 51.2 Å². The Labute approximate surface area is 143 Å². The van der Waals surface area contributed by atoms with Crippen molar-refractivity contribution in [2.45, 2.75) is 6.18 Å². The first-order chi connectivity index (χ1) is 11.8. The summed E-state index contributed by atoms with van der Waals surface area (Å²) in [5, 5.41) is 2.46. The van der Waals surface area contributed by atoms with Gasteiger partial charge in [0, 0.05) is 5.56 Å². The van der Waals surface area contributed by atoms with Crippen molar-refractivity contribution >= 4 is 32.6 Å². The lowest BCUT2D eigenvalue weighted by molar-refractivity contribution is -0.137. The number of thiazole rings is 1. The molecule has 1 heterocycles. The average Bonchev–Trinajstić information content (AvgIpc) is 2.98. The van der Waals surface area contributed by atoms with Gasteiger partial charge in [-0.25, -0.2) is 9.37 Å². The molecule has 0 aliphatic heterocycles. The molecule has 130 valence electrons. The normalized spacial score (nSPS) is 11.6. The number of carbonyl (C=O) groups is 1. The van der Waals surface area contributed by atoms with Crippen molar-refractivity contribution in [3.05, 3.63) is 53.3 Å². The van der Waals surface area contributed by atoms with Crippen LogP contribution in [0, 0.1) is 5.82 Å². The molecule has 9 heteroatoms. The Hall–Kier alpha value is -2.68. The van der Waals surface area contributed by atoms with Gasteiger partial charge in [-0.3, -0.25) is 10.1 Å². The molecule has 1 N–H and O–H groups in total. The number of hydrogen-bond acceptors (Lipinski definition) is 4. The van der Waals surface area contributed by atoms with E-state index in [-0.39, 0.29) is 21.1 Å². The third-order valence-electron chi connectivity index (χ3n) is 3.35. The van der Waals surface area contributed by atoms with Gasteiger partial charge in [0.15, 0.2) is 16.7 Å². The Balaban J connectivity index is 1.89. The van der Waals surface area contributed by atoms with Crippen LogP contribution >= 0.6 is 11.3 Å². The van der Waals surface area contributed by atoms with Gasteiger partial charge in [0.25, 0.3) is 5.91 Å². The van der Waals surface area contributed by atoms with Gasteiger partial charge in [-0.05, 0) is 30.3 Å². The summed E-state index contributed by atoms with van der Waals surface area (Å²) in [5.41, 5.74) is -0.796. The van der Waals surface area contributed by atoms with Crippen molar-refractivity contribution in [2.24, 2.45) is 0 Å². The second kappa shape index (κ2) is 6.32. The van der Waals surface area contributed by atoms with Gasteiger partial charge in [-0.2, -0.15) is 13.2 Å². The fourth-order valence-electron chi connectivity index (χ4n) is 2.16.